The largest absolute Gasteiger partial charge is 0.372 e. The maximum atomic E-state index is 12.7. The molecule has 0 spiro atoms. The third-order valence-corrected chi connectivity index (χ3v) is 6.00. The minimum absolute atomic E-state index is 0.218. The van der Waals surface area contributed by atoms with Crippen molar-refractivity contribution >= 4 is 33.2 Å². The van der Waals surface area contributed by atoms with Gasteiger partial charge in [-0.15, -0.1) is 0 Å². The van der Waals surface area contributed by atoms with Crippen molar-refractivity contribution in [2.24, 2.45) is 0 Å². The Morgan fingerprint density at radius 1 is 1.04 bits per heavy atom. The molecule has 25 heavy (non-hydrogen) atoms. The molecule has 130 valence electrons. The molecule has 0 saturated carbocycles. The van der Waals surface area contributed by atoms with E-state index in [9.17, 15) is 8.42 Å². The van der Waals surface area contributed by atoms with Crippen LogP contribution in [0.3, 0.4) is 0 Å². The van der Waals surface area contributed by atoms with Crippen LogP contribution in [0.2, 0.25) is 10.0 Å². The van der Waals surface area contributed by atoms with Gasteiger partial charge in [0.2, 0.25) is 0 Å². The van der Waals surface area contributed by atoms with E-state index in [1.165, 1.54) is 16.4 Å². The number of methoxy groups -OCH3 is 1. The zero-order valence-corrected chi connectivity index (χ0v) is 15.6. The Kier molecular flexibility index (Phi) is 5.20. The van der Waals surface area contributed by atoms with Gasteiger partial charge in [-0.3, -0.25) is 0 Å². The number of ether oxygens (including phenoxy) is 1. The van der Waals surface area contributed by atoms with Crippen LogP contribution in [0.1, 0.15) is 17.2 Å². The third kappa shape index (κ3) is 3.60. The summed E-state index contributed by atoms with van der Waals surface area (Å²) in [5, 5.41) is 0.978. The average Bonchev–Trinajstić information content (AvgIpc) is 3.09. The summed E-state index contributed by atoms with van der Waals surface area (Å²) < 4.78 is 32.1. The Morgan fingerprint density at radius 2 is 1.76 bits per heavy atom. The monoisotopic (exact) mass is 395 g/mol. The first-order valence-electron chi connectivity index (χ1n) is 7.40. The van der Waals surface area contributed by atoms with Crippen LogP contribution in [0, 0.1) is 0 Å². The van der Waals surface area contributed by atoms with Crippen molar-refractivity contribution in [3.05, 3.63) is 88.2 Å². The Hall–Kier alpha value is -1.79. The predicted octanol–water partition coefficient (Wildman–Crippen LogP) is 4.77. The number of rotatable bonds is 5. The maximum absolute atomic E-state index is 12.7. The van der Waals surface area contributed by atoms with Gasteiger partial charge >= 0.3 is 0 Å². The Morgan fingerprint density at radius 3 is 2.40 bits per heavy atom. The van der Waals surface area contributed by atoms with Crippen molar-refractivity contribution in [1.29, 1.82) is 0 Å². The van der Waals surface area contributed by atoms with Gasteiger partial charge in [0.25, 0.3) is 10.0 Å². The van der Waals surface area contributed by atoms with Gasteiger partial charge in [0.1, 0.15) is 6.10 Å². The molecule has 0 radical (unpaired) electrons. The number of nitrogens with zero attached hydrogens (tertiary/aromatic N) is 1. The lowest BCUT2D eigenvalue weighted by atomic mass is 10.0. The molecule has 2 aromatic carbocycles. The average molecular weight is 396 g/mol. The predicted molar refractivity (Wildman–Crippen MR) is 98.8 cm³/mol. The number of halogens is 2. The molecule has 3 rings (SSSR count). The van der Waals surface area contributed by atoms with Crippen LogP contribution in [0.15, 0.2) is 71.9 Å². The van der Waals surface area contributed by atoms with Gasteiger partial charge in [0.15, 0.2) is 0 Å². The molecule has 0 aliphatic rings. The molecule has 1 unspecified atom stereocenters. The van der Waals surface area contributed by atoms with E-state index in [1.54, 1.807) is 61.7 Å². The second-order valence-electron chi connectivity index (χ2n) is 5.37. The SMILES string of the molecule is COC(c1ccn(S(=O)(=O)c2ccccc2)c1)c1ccc(Cl)cc1Cl. The summed E-state index contributed by atoms with van der Waals surface area (Å²) in [6, 6.07) is 15.0. The summed E-state index contributed by atoms with van der Waals surface area (Å²) in [6.07, 6.45) is 2.52. The van der Waals surface area contributed by atoms with Crippen LogP contribution in [-0.4, -0.2) is 19.5 Å². The maximum Gasteiger partial charge on any atom is 0.267 e. The van der Waals surface area contributed by atoms with Gasteiger partial charge in [-0.05, 0) is 30.3 Å². The quantitative estimate of drug-likeness (QED) is 0.624. The number of benzene rings is 2. The topological polar surface area (TPSA) is 48.3 Å². The zero-order chi connectivity index (χ0) is 18.0. The highest BCUT2D eigenvalue weighted by atomic mass is 35.5. The highest BCUT2D eigenvalue weighted by Gasteiger charge is 2.21. The van der Waals surface area contributed by atoms with E-state index < -0.39 is 16.1 Å². The fraction of sp³-hybridized carbons (Fsp3) is 0.111. The van der Waals surface area contributed by atoms with E-state index in [-0.39, 0.29) is 4.90 Å². The minimum Gasteiger partial charge on any atom is -0.372 e. The molecule has 0 fully saturated rings. The molecule has 0 aliphatic heterocycles. The fourth-order valence-electron chi connectivity index (χ4n) is 2.57. The molecule has 4 nitrogen and oxygen atoms in total. The molecular formula is C18H15Cl2NO3S. The van der Waals surface area contributed by atoms with Crippen LogP contribution >= 0.6 is 23.2 Å². The lowest BCUT2D eigenvalue weighted by molar-refractivity contribution is 0.136. The molecule has 0 bridgehead atoms. The van der Waals surface area contributed by atoms with Gasteiger partial charge in [-0.1, -0.05) is 47.5 Å². The first-order chi connectivity index (χ1) is 11.9. The number of aromatic nitrogens is 1. The van der Waals surface area contributed by atoms with Crippen LogP contribution in [-0.2, 0) is 14.8 Å². The first-order valence-corrected chi connectivity index (χ1v) is 9.59. The Labute approximate surface area is 156 Å². The molecule has 0 aliphatic carbocycles. The number of hydrogen-bond acceptors (Lipinski definition) is 3. The molecule has 3 aromatic rings. The third-order valence-electron chi connectivity index (χ3n) is 3.79. The van der Waals surface area contributed by atoms with Crippen molar-refractivity contribution < 1.29 is 13.2 Å². The van der Waals surface area contributed by atoms with Gasteiger partial charge in [-0.2, -0.15) is 0 Å². The van der Waals surface area contributed by atoms with Gasteiger partial charge in [-0.25, -0.2) is 12.4 Å². The lowest BCUT2D eigenvalue weighted by Crippen LogP contribution is -2.11. The van der Waals surface area contributed by atoms with Crippen molar-refractivity contribution in [2.75, 3.05) is 7.11 Å². The molecule has 1 atom stereocenters. The first kappa shape index (κ1) is 18.0. The summed E-state index contributed by atoms with van der Waals surface area (Å²) in [6.45, 7) is 0. The van der Waals surface area contributed by atoms with E-state index in [2.05, 4.69) is 0 Å². The number of hydrogen-bond donors (Lipinski definition) is 0. The summed E-state index contributed by atoms with van der Waals surface area (Å²) in [4.78, 5) is 0.218. The summed E-state index contributed by atoms with van der Waals surface area (Å²) in [5.41, 5.74) is 1.38. The van der Waals surface area contributed by atoms with Gasteiger partial charge < -0.3 is 4.74 Å². The van der Waals surface area contributed by atoms with Gasteiger partial charge in [0.05, 0.1) is 4.90 Å². The second-order valence-corrected chi connectivity index (χ2v) is 8.06. The van der Waals surface area contributed by atoms with E-state index in [1.807, 2.05) is 0 Å². The molecule has 0 amide bonds. The van der Waals surface area contributed by atoms with E-state index in [0.29, 0.717) is 21.2 Å². The van der Waals surface area contributed by atoms with Crippen LogP contribution < -0.4 is 0 Å². The van der Waals surface area contributed by atoms with Crippen LogP contribution in [0.5, 0.6) is 0 Å². The van der Waals surface area contributed by atoms with Crippen molar-refractivity contribution in [2.45, 2.75) is 11.0 Å². The summed E-state index contributed by atoms with van der Waals surface area (Å²) in [5.74, 6) is 0. The van der Waals surface area contributed by atoms with E-state index in [4.69, 9.17) is 27.9 Å². The van der Waals surface area contributed by atoms with Crippen LogP contribution in [0.4, 0.5) is 0 Å². The molecule has 1 heterocycles. The highest BCUT2D eigenvalue weighted by molar-refractivity contribution is 7.90. The van der Waals surface area contributed by atoms with E-state index in [0.717, 1.165) is 0 Å². The van der Waals surface area contributed by atoms with Crippen molar-refractivity contribution in [3.63, 3.8) is 0 Å². The molecular weight excluding hydrogens is 381 g/mol. The Balaban J connectivity index is 2.00. The lowest BCUT2D eigenvalue weighted by Gasteiger charge is -2.16. The van der Waals surface area contributed by atoms with Crippen molar-refractivity contribution in [3.8, 4) is 0 Å². The van der Waals surface area contributed by atoms with Gasteiger partial charge in [0, 0.05) is 40.7 Å². The van der Waals surface area contributed by atoms with Crippen molar-refractivity contribution in [1.82, 2.24) is 3.97 Å². The second kappa shape index (κ2) is 7.22. The smallest absolute Gasteiger partial charge is 0.267 e. The molecule has 7 heteroatoms. The van der Waals surface area contributed by atoms with E-state index >= 15 is 0 Å². The zero-order valence-electron chi connectivity index (χ0n) is 13.3. The minimum atomic E-state index is -3.65. The fourth-order valence-corrected chi connectivity index (χ4v) is 4.30. The highest BCUT2D eigenvalue weighted by Crippen LogP contribution is 2.33. The molecule has 0 N–H and O–H groups in total. The molecule has 1 aromatic heterocycles. The normalized spacial score (nSPS) is 12.9. The summed E-state index contributed by atoms with van der Waals surface area (Å²) in [7, 11) is -2.11. The standard InChI is InChI=1S/C18H15Cl2NO3S/c1-24-18(16-8-7-14(19)11-17(16)20)13-9-10-21(12-13)25(22,23)15-5-3-2-4-6-15/h2-12,18H,1H3. The molecule has 0 saturated heterocycles. The van der Waals surface area contributed by atoms with Crippen LogP contribution in [0.25, 0.3) is 0 Å². The summed E-state index contributed by atoms with van der Waals surface area (Å²) >= 11 is 12.2. The Bertz CT molecular complexity index is 985.